The highest BCUT2D eigenvalue weighted by atomic mass is 16.5. The SMILES string of the molecule is CCCCCN(C)CC(N)C(=O)OC. The monoisotopic (exact) mass is 202 g/mol. The minimum absolute atomic E-state index is 0.340. The van der Waals surface area contributed by atoms with Crippen molar-refractivity contribution in [1.82, 2.24) is 4.90 Å². The normalized spacial score (nSPS) is 12.9. The summed E-state index contributed by atoms with van der Waals surface area (Å²) in [5.41, 5.74) is 5.62. The number of likely N-dealkylation sites (N-methyl/N-ethyl adjacent to an activating group) is 1. The number of ether oxygens (including phenoxy) is 1. The predicted molar refractivity (Wildman–Crippen MR) is 57.0 cm³/mol. The molecular formula is C10H22N2O2. The van der Waals surface area contributed by atoms with E-state index in [0.717, 1.165) is 13.0 Å². The van der Waals surface area contributed by atoms with E-state index >= 15 is 0 Å². The molecule has 14 heavy (non-hydrogen) atoms. The van der Waals surface area contributed by atoms with Crippen molar-refractivity contribution in [3.8, 4) is 0 Å². The average Bonchev–Trinajstić information content (AvgIpc) is 2.16. The molecule has 0 heterocycles. The summed E-state index contributed by atoms with van der Waals surface area (Å²) in [4.78, 5) is 13.1. The van der Waals surface area contributed by atoms with E-state index in [-0.39, 0.29) is 5.97 Å². The van der Waals surface area contributed by atoms with Gasteiger partial charge < -0.3 is 15.4 Å². The quantitative estimate of drug-likeness (QED) is 0.485. The van der Waals surface area contributed by atoms with Crippen LogP contribution in [-0.2, 0) is 9.53 Å². The van der Waals surface area contributed by atoms with E-state index in [1.807, 2.05) is 7.05 Å². The van der Waals surface area contributed by atoms with E-state index in [1.54, 1.807) is 0 Å². The molecule has 0 aliphatic rings. The molecule has 2 N–H and O–H groups in total. The van der Waals surface area contributed by atoms with Gasteiger partial charge in [-0.3, -0.25) is 4.79 Å². The van der Waals surface area contributed by atoms with Crippen LogP contribution in [0.1, 0.15) is 26.2 Å². The minimum atomic E-state index is -0.522. The number of carbonyl (C=O) groups is 1. The Kier molecular flexibility index (Phi) is 7.42. The van der Waals surface area contributed by atoms with Crippen LogP contribution in [0.3, 0.4) is 0 Å². The first kappa shape index (κ1) is 13.4. The van der Waals surface area contributed by atoms with Gasteiger partial charge in [0.05, 0.1) is 7.11 Å². The number of nitrogens with two attached hydrogens (primary N) is 1. The van der Waals surface area contributed by atoms with Gasteiger partial charge in [0.25, 0.3) is 0 Å². The predicted octanol–water partition coefficient (Wildman–Crippen LogP) is 0.609. The number of rotatable bonds is 7. The van der Waals surface area contributed by atoms with Crippen molar-refractivity contribution in [1.29, 1.82) is 0 Å². The molecule has 0 rings (SSSR count). The Morgan fingerprint density at radius 2 is 2.14 bits per heavy atom. The van der Waals surface area contributed by atoms with Crippen LogP contribution in [0.15, 0.2) is 0 Å². The number of methoxy groups -OCH3 is 1. The van der Waals surface area contributed by atoms with E-state index in [4.69, 9.17) is 5.73 Å². The van der Waals surface area contributed by atoms with Crippen LogP contribution in [0.2, 0.25) is 0 Å². The molecule has 0 radical (unpaired) electrons. The zero-order chi connectivity index (χ0) is 11.0. The smallest absolute Gasteiger partial charge is 0.323 e. The van der Waals surface area contributed by atoms with Crippen molar-refractivity contribution in [2.24, 2.45) is 5.73 Å². The third-order valence-corrected chi connectivity index (χ3v) is 2.16. The molecular weight excluding hydrogens is 180 g/mol. The topological polar surface area (TPSA) is 55.6 Å². The maximum atomic E-state index is 11.0. The first-order chi connectivity index (χ1) is 6.61. The van der Waals surface area contributed by atoms with Gasteiger partial charge in [0, 0.05) is 6.54 Å². The second-order valence-electron chi connectivity index (χ2n) is 3.60. The van der Waals surface area contributed by atoms with Gasteiger partial charge in [-0.2, -0.15) is 0 Å². The van der Waals surface area contributed by atoms with Gasteiger partial charge >= 0.3 is 5.97 Å². The first-order valence-corrected chi connectivity index (χ1v) is 5.13. The molecule has 84 valence electrons. The first-order valence-electron chi connectivity index (χ1n) is 5.13. The number of carbonyl (C=O) groups excluding carboxylic acids is 1. The van der Waals surface area contributed by atoms with Crippen molar-refractivity contribution in [3.05, 3.63) is 0 Å². The van der Waals surface area contributed by atoms with Crippen LogP contribution in [0.25, 0.3) is 0 Å². The van der Waals surface area contributed by atoms with Crippen molar-refractivity contribution in [2.45, 2.75) is 32.2 Å². The summed E-state index contributed by atoms with van der Waals surface area (Å²) >= 11 is 0. The van der Waals surface area contributed by atoms with Crippen LogP contribution < -0.4 is 5.73 Å². The molecule has 0 amide bonds. The fraction of sp³-hybridized carbons (Fsp3) is 0.900. The summed E-state index contributed by atoms with van der Waals surface area (Å²) in [6, 6.07) is -0.522. The number of hydrogen-bond acceptors (Lipinski definition) is 4. The molecule has 0 fully saturated rings. The van der Waals surface area contributed by atoms with Gasteiger partial charge in [-0.25, -0.2) is 0 Å². The molecule has 0 aromatic heterocycles. The summed E-state index contributed by atoms with van der Waals surface area (Å²) in [7, 11) is 3.33. The second-order valence-corrected chi connectivity index (χ2v) is 3.60. The molecule has 0 aliphatic heterocycles. The molecule has 0 aliphatic carbocycles. The van der Waals surface area contributed by atoms with E-state index in [2.05, 4.69) is 16.6 Å². The minimum Gasteiger partial charge on any atom is -0.468 e. The number of hydrogen-bond donors (Lipinski definition) is 1. The van der Waals surface area contributed by atoms with Gasteiger partial charge in [-0.05, 0) is 20.0 Å². The van der Waals surface area contributed by atoms with E-state index < -0.39 is 6.04 Å². The van der Waals surface area contributed by atoms with Gasteiger partial charge in [0.15, 0.2) is 0 Å². The Morgan fingerprint density at radius 3 is 2.64 bits per heavy atom. The summed E-state index contributed by atoms with van der Waals surface area (Å²) in [6.07, 6.45) is 3.58. The zero-order valence-corrected chi connectivity index (χ0v) is 9.45. The highest BCUT2D eigenvalue weighted by Gasteiger charge is 2.15. The summed E-state index contributed by atoms with van der Waals surface area (Å²) in [5, 5.41) is 0. The van der Waals surface area contributed by atoms with Gasteiger partial charge in [-0.15, -0.1) is 0 Å². The summed E-state index contributed by atoms with van der Waals surface area (Å²) < 4.78 is 4.55. The lowest BCUT2D eigenvalue weighted by Gasteiger charge is -2.19. The van der Waals surface area contributed by atoms with Crippen molar-refractivity contribution in [3.63, 3.8) is 0 Å². The number of unbranched alkanes of at least 4 members (excludes halogenated alkanes) is 2. The van der Waals surface area contributed by atoms with Crippen LogP contribution in [-0.4, -0.2) is 44.2 Å². The molecule has 0 bridgehead atoms. The van der Waals surface area contributed by atoms with E-state index in [1.165, 1.54) is 20.0 Å². The third-order valence-electron chi connectivity index (χ3n) is 2.16. The lowest BCUT2D eigenvalue weighted by molar-refractivity contribution is -0.142. The molecule has 4 heteroatoms. The Morgan fingerprint density at radius 1 is 1.50 bits per heavy atom. The molecule has 0 aromatic rings. The standard InChI is InChI=1S/C10H22N2O2/c1-4-5-6-7-12(2)8-9(11)10(13)14-3/h9H,4-8,11H2,1-3H3. The van der Waals surface area contributed by atoms with Crippen LogP contribution in [0.5, 0.6) is 0 Å². The van der Waals surface area contributed by atoms with Gasteiger partial charge in [0.1, 0.15) is 6.04 Å². The molecule has 1 unspecified atom stereocenters. The third kappa shape index (κ3) is 5.94. The Bertz CT molecular complexity index is 162. The summed E-state index contributed by atoms with van der Waals surface area (Å²) in [5.74, 6) is -0.340. The second kappa shape index (κ2) is 7.76. The Labute approximate surface area is 86.4 Å². The zero-order valence-electron chi connectivity index (χ0n) is 9.45. The average molecular weight is 202 g/mol. The molecule has 0 aromatic carbocycles. The maximum absolute atomic E-state index is 11.0. The van der Waals surface area contributed by atoms with Crippen molar-refractivity contribution >= 4 is 5.97 Å². The van der Waals surface area contributed by atoms with E-state index in [0.29, 0.717) is 6.54 Å². The number of nitrogens with zero attached hydrogens (tertiary/aromatic N) is 1. The van der Waals surface area contributed by atoms with E-state index in [9.17, 15) is 4.79 Å². The highest BCUT2D eigenvalue weighted by molar-refractivity contribution is 5.75. The maximum Gasteiger partial charge on any atom is 0.323 e. The number of esters is 1. The van der Waals surface area contributed by atoms with Crippen molar-refractivity contribution < 1.29 is 9.53 Å². The lowest BCUT2D eigenvalue weighted by Crippen LogP contribution is -2.42. The lowest BCUT2D eigenvalue weighted by atomic mass is 10.2. The fourth-order valence-corrected chi connectivity index (χ4v) is 1.28. The highest BCUT2D eigenvalue weighted by Crippen LogP contribution is 1.97. The van der Waals surface area contributed by atoms with Crippen LogP contribution in [0.4, 0.5) is 0 Å². The van der Waals surface area contributed by atoms with Crippen LogP contribution >= 0.6 is 0 Å². The Hall–Kier alpha value is -0.610. The molecule has 1 atom stereocenters. The fourth-order valence-electron chi connectivity index (χ4n) is 1.28. The largest absolute Gasteiger partial charge is 0.468 e. The Balaban J connectivity index is 3.59. The molecule has 0 saturated heterocycles. The van der Waals surface area contributed by atoms with Crippen molar-refractivity contribution in [2.75, 3.05) is 27.2 Å². The van der Waals surface area contributed by atoms with Gasteiger partial charge in [0.2, 0.25) is 0 Å². The molecule has 0 saturated carbocycles. The molecule has 4 nitrogen and oxygen atoms in total. The van der Waals surface area contributed by atoms with Gasteiger partial charge in [-0.1, -0.05) is 19.8 Å². The van der Waals surface area contributed by atoms with Crippen LogP contribution in [0, 0.1) is 0 Å². The molecule has 0 spiro atoms. The summed E-state index contributed by atoms with van der Waals surface area (Å²) in [6.45, 7) is 3.72.